The van der Waals surface area contributed by atoms with Crippen LogP contribution in [0.4, 0.5) is 0 Å². The molecule has 0 aromatic carbocycles. The van der Waals surface area contributed by atoms with Crippen LogP contribution in [-0.4, -0.2) is 61.1 Å². The van der Waals surface area contributed by atoms with E-state index >= 15 is 0 Å². The number of carbonyl (C=O) groups is 2. The summed E-state index contributed by atoms with van der Waals surface area (Å²) in [4.78, 5) is 27.5. The van der Waals surface area contributed by atoms with E-state index in [0.29, 0.717) is 6.42 Å². The topological polar surface area (TPSA) is 182 Å². The number of carbonyl (C=O) groups excluding carboxylic acids is 1. The normalized spacial score (nSPS) is 21.2. The first kappa shape index (κ1) is 18.3. The highest BCUT2D eigenvalue weighted by molar-refractivity contribution is 7.89. The Morgan fingerprint density at radius 1 is 1.50 bits per heavy atom. The summed E-state index contributed by atoms with van der Waals surface area (Å²) in [6.45, 7) is 0.385. The van der Waals surface area contributed by atoms with Crippen molar-refractivity contribution in [2.45, 2.75) is 25.3 Å². The highest BCUT2D eigenvalue weighted by atomic mass is 32.2. The minimum atomic E-state index is -3.65. The molecule has 0 aromatic heterocycles. The van der Waals surface area contributed by atoms with Crippen molar-refractivity contribution in [3.63, 3.8) is 0 Å². The third kappa shape index (κ3) is 5.95. The van der Waals surface area contributed by atoms with E-state index in [0.717, 1.165) is 0 Å². The molecular formula is C11H21N5O5S. The van der Waals surface area contributed by atoms with Crippen molar-refractivity contribution in [2.24, 2.45) is 27.5 Å². The number of rotatable bonds is 7. The van der Waals surface area contributed by atoms with Crippen molar-refractivity contribution in [1.82, 2.24) is 4.90 Å². The molecule has 126 valence electrons. The Bertz CT molecular complexity index is 561. The molecule has 0 bridgehead atoms. The maximum atomic E-state index is 11.8. The van der Waals surface area contributed by atoms with Crippen molar-refractivity contribution < 1.29 is 23.1 Å². The predicted molar refractivity (Wildman–Crippen MR) is 79.1 cm³/mol. The van der Waals surface area contributed by atoms with Crippen LogP contribution in [0.3, 0.4) is 0 Å². The summed E-state index contributed by atoms with van der Waals surface area (Å²) in [5.74, 6) is -2.09. The molecule has 1 saturated heterocycles. The first-order chi connectivity index (χ1) is 10.1. The lowest BCUT2D eigenvalue weighted by Crippen LogP contribution is -2.39. The molecule has 1 aliphatic rings. The van der Waals surface area contributed by atoms with Crippen molar-refractivity contribution in [2.75, 3.05) is 18.8 Å². The maximum absolute atomic E-state index is 11.8. The van der Waals surface area contributed by atoms with Crippen LogP contribution in [0.25, 0.3) is 0 Å². The Morgan fingerprint density at radius 2 is 2.14 bits per heavy atom. The summed E-state index contributed by atoms with van der Waals surface area (Å²) < 4.78 is 22.1. The Morgan fingerprint density at radius 3 is 2.68 bits per heavy atom. The zero-order valence-electron chi connectivity index (χ0n) is 12.0. The number of nitrogens with two attached hydrogens (primary N) is 3. The number of likely N-dealkylation sites (tertiary alicyclic amines) is 1. The average molecular weight is 335 g/mol. The number of nitrogens with zero attached hydrogens (tertiary/aromatic N) is 2. The molecule has 2 atom stereocenters. The molecule has 0 radical (unpaired) electrons. The van der Waals surface area contributed by atoms with Crippen LogP contribution in [-0.2, 0) is 19.6 Å². The fourth-order valence-electron chi connectivity index (χ4n) is 2.16. The molecule has 1 fully saturated rings. The number of carboxylic acid groups (broad SMARTS) is 1. The molecule has 1 aliphatic heterocycles. The summed E-state index contributed by atoms with van der Waals surface area (Å²) >= 11 is 0. The Kier molecular flexibility index (Phi) is 6.26. The van der Waals surface area contributed by atoms with Gasteiger partial charge in [0.05, 0.1) is 5.75 Å². The van der Waals surface area contributed by atoms with Crippen LogP contribution < -0.4 is 16.6 Å². The summed E-state index contributed by atoms with van der Waals surface area (Å²) in [5, 5.41) is 13.6. The van der Waals surface area contributed by atoms with Crippen LogP contribution in [0.15, 0.2) is 4.99 Å². The third-order valence-electron chi connectivity index (χ3n) is 3.21. The number of primary sulfonamides is 1. The molecule has 11 heteroatoms. The van der Waals surface area contributed by atoms with Crippen LogP contribution in [0.5, 0.6) is 0 Å². The number of hydrogen-bond donors (Lipinski definition) is 4. The van der Waals surface area contributed by atoms with E-state index < -0.39 is 28.0 Å². The molecule has 0 aliphatic carbocycles. The quantitative estimate of drug-likeness (QED) is 0.228. The van der Waals surface area contributed by atoms with Gasteiger partial charge in [0.15, 0.2) is 5.96 Å². The summed E-state index contributed by atoms with van der Waals surface area (Å²) in [7, 11) is -3.65. The van der Waals surface area contributed by atoms with E-state index in [1.807, 2.05) is 0 Å². The molecule has 0 aromatic rings. The lowest BCUT2D eigenvalue weighted by molar-refractivity contribution is -0.138. The Hall–Kier alpha value is -1.72. The molecule has 22 heavy (non-hydrogen) atoms. The van der Waals surface area contributed by atoms with Crippen molar-refractivity contribution in [3.8, 4) is 0 Å². The fraction of sp³-hybridized carbons (Fsp3) is 0.727. The van der Waals surface area contributed by atoms with Gasteiger partial charge in [0.1, 0.15) is 6.04 Å². The highest BCUT2D eigenvalue weighted by Gasteiger charge is 2.33. The number of hydrogen-bond acceptors (Lipinski definition) is 6. The lowest BCUT2D eigenvalue weighted by atomic mass is 10.1. The number of aliphatic carboxylic acids is 1. The second-order valence-corrected chi connectivity index (χ2v) is 6.89. The van der Waals surface area contributed by atoms with Crippen molar-refractivity contribution in [3.05, 3.63) is 0 Å². The lowest BCUT2D eigenvalue weighted by Gasteiger charge is -2.15. The van der Waals surface area contributed by atoms with Gasteiger partial charge in [-0.05, 0) is 12.8 Å². The molecule has 1 amide bonds. The number of guanidine groups is 1. The first-order valence-corrected chi connectivity index (χ1v) is 8.41. The number of carboxylic acids is 1. The molecule has 10 nitrogen and oxygen atoms in total. The maximum Gasteiger partial charge on any atom is 0.320 e. The second-order valence-electron chi connectivity index (χ2n) is 5.23. The van der Waals surface area contributed by atoms with Gasteiger partial charge in [-0.25, -0.2) is 13.6 Å². The molecule has 0 spiro atoms. The van der Waals surface area contributed by atoms with E-state index in [4.69, 9.17) is 21.7 Å². The van der Waals surface area contributed by atoms with Crippen molar-refractivity contribution >= 4 is 27.9 Å². The van der Waals surface area contributed by atoms with Gasteiger partial charge in [-0.3, -0.25) is 19.5 Å². The van der Waals surface area contributed by atoms with Gasteiger partial charge in [0.25, 0.3) is 0 Å². The Balaban J connectivity index is 2.48. The van der Waals surface area contributed by atoms with E-state index in [-0.39, 0.29) is 43.6 Å². The van der Waals surface area contributed by atoms with Gasteiger partial charge in [0.2, 0.25) is 15.9 Å². The van der Waals surface area contributed by atoms with Crippen LogP contribution in [0.1, 0.15) is 19.3 Å². The number of sulfonamides is 1. The monoisotopic (exact) mass is 335 g/mol. The molecule has 1 rings (SSSR count). The summed E-state index contributed by atoms with van der Waals surface area (Å²) in [5.41, 5.74) is 11.0. The second kappa shape index (κ2) is 7.51. The van der Waals surface area contributed by atoms with Gasteiger partial charge in [-0.15, -0.1) is 0 Å². The van der Waals surface area contributed by atoms with Crippen LogP contribution in [0.2, 0.25) is 0 Å². The van der Waals surface area contributed by atoms with Gasteiger partial charge < -0.3 is 16.6 Å². The summed E-state index contributed by atoms with van der Waals surface area (Å²) in [6.07, 6.45) is 0.710. The predicted octanol–water partition coefficient (Wildman–Crippen LogP) is -2.37. The zero-order valence-corrected chi connectivity index (χ0v) is 12.8. The molecular weight excluding hydrogens is 314 g/mol. The number of amides is 1. The van der Waals surface area contributed by atoms with E-state index in [9.17, 15) is 18.0 Å². The van der Waals surface area contributed by atoms with E-state index in [1.165, 1.54) is 4.90 Å². The summed E-state index contributed by atoms with van der Waals surface area (Å²) in [6, 6.07) is -0.955. The smallest absolute Gasteiger partial charge is 0.320 e. The molecule has 7 N–H and O–H groups in total. The standard InChI is InChI=1S/C11H21N5O5S/c12-8(10(18)19)2-1-3-15-11(13)16-5-7(4-9(16)17)6-22(14,20)21/h7-8H,1-6,12H2,(H2,13,15)(H,18,19)(H2,14,20,21). The van der Waals surface area contributed by atoms with Crippen molar-refractivity contribution in [1.29, 1.82) is 0 Å². The van der Waals surface area contributed by atoms with Crippen LogP contribution in [0, 0.1) is 5.92 Å². The largest absolute Gasteiger partial charge is 0.480 e. The minimum Gasteiger partial charge on any atom is -0.480 e. The average Bonchev–Trinajstić information content (AvgIpc) is 2.72. The minimum absolute atomic E-state index is 0.00850. The molecule has 2 unspecified atom stereocenters. The van der Waals surface area contributed by atoms with Gasteiger partial charge in [0, 0.05) is 25.4 Å². The fourth-order valence-corrected chi connectivity index (χ4v) is 3.04. The highest BCUT2D eigenvalue weighted by Crippen LogP contribution is 2.18. The van der Waals surface area contributed by atoms with Gasteiger partial charge in [-0.1, -0.05) is 0 Å². The zero-order chi connectivity index (χ0) is 16.9. The third-order valence-corrected chi connectivity index (χ3v) is 4.15. The number of aliphatic imine (C=N–C) groups is 1. The van der Waals surface area contributed by atoms with E-state index in [1.54, 1.807) is 0 Å². The van der Waals surface area contributed by atoms with E-state index in [2.05, 4.69) is 4.99 Å². The SMILES string of the molecule is NC(=NCCCC(N)C(=O)O)N1CC(CS(N)(=O)=O)CC1=O. The molecule has 1 heterocycles. The van der Waals surface area contributed by atoms with Gasteiger partial charge in [-0.2, -0.15) is 0 Å². The van der Waals surface area contributed by atoms with Crippen LogP contribution >= 0.6 is 0 Å². The van der Waals surface area contributed by atoms with Gasteiger partial charge >= 0.3 is 5.97 Å². The molecule has 0 saturated carbocycles. The Labute approximate surface area is 128 Å². The first-order valence-electron chi connectivity index (χ1n) is 6.69.